The first-order valence-corrected chi connectivity index (χ1v) is 12.7. The lowest BCUT2D eigenvalue weighted by molar-refractivity contribution is 0.415. The van der Waals surface area contributed by atoms with E-state index in [4.69, 9.17) is 20.9 Å². The minimum Gasteiger partial charge on any atom is -0.497 e. The maximum atomic E-state index is 7.37. The van der Waals surface area contributed by atoms with E-state index >= 15 is 0 Å². The molecule has 5 aromatic carbocycles. The van der Waals surface area contributed by atoms with E-state index in [-0.39, 0.29) is 5.92 Å². The van der Waals surface area contributed by atoms with Crippen molar-refractivity contribution in [2.75, 3.05) is 14.2 Å². The number of rotatable bonds is 5. The summed E-state index contributed by atoms with van der Waals surface area (Å²) in [7, 11) is 3.37. The third-order valence-corrected chi connectivity index (χ3v) is 7.65. The van der Waals surface area contributed by atoms with Gasteiger partial charge in [-0.1, -0.05) is 78.9 Å². The highest BCUT2D eigenvalue weighted by molar-refractivity contribution is 5.91. The summed E-state index contributed by atoms with van der Waals surface area (Å²) in [5, 5.41) is 4.46. The molecule has 0 aromatic heterocycles. The fourth-order valence-electron chi connectivity index (χ4n) is 5.65. The van der Waals surface area contributed by atoms with E-state index in [1.165, 1.54) is 0 Å². The van der Waals surface area contributed by atoms with Crippen LogP contribution in [0.3, 0.4) is 0 Å². The highest BCUT2D eigenvalue weighted by Crippen LogP contribution is 2.49. The van der Waals surface area contributed by atoms with Crippen molar-refractivity contribution in [1.82, 2.24) is 0 Å². The SMILES string of the molecule is COc1ccc2cc(C3=C(N)C=CC(N)(c4ccccc4)C3c3ccc4cc(OC)ccc4c3)ccc2c1. The second-order valence-corrected chi connectivity index (χ2v) is 9.83. The Morgan fingerprint density at radius 2 is 1.24 bits per heavy atom. The monoisotopic (exact) mass is 498 g/mol. The average molecular weight is 499 g/mol. The molecule has 0 saturated heterocycles. The smallest absolute Gasteiger partial charge is 0.119 e. The van der Waals surface area contributed by atoms with Gasteiger partial charge in [-0.2, -0.15) is 0 Å². The molecule has 0 radical (unpaired) electrons. The molecule has 4 N–H and O–H groups in total. The third kappa shape index (κ3) is 4.00. The molecule has 0 heterocycles. The van der Waals surface area contributed by atoms with E-state index in [0.717, 1.165) is 61.0 Å². The van der Waals surface area contributed by atoms with Crippen molar-refractivity contribution in [2.24, 2.45) is 11.5 Å². The van der Waals surface area contributed by atoms with Gasteiger partial charge in [-0.05, 0) is 80.2 Å². The summed E-state index contributed by atoms with van der Waals surface area (Å²) in [4.78, 5) is 0. The van der Waals surface area contributed by atoms with Crippen LogP contribution in [-0.4, -0.2) is 14.2 Å². The van der Waals surface area contributed by atoms with Gasteiger partial charge in [-0.25, -0.2) is 0 Å². The minimum absolute atomic E-state index is 0.211. The summed E-state index contributed by atoms with van der Waals surface area (Å²) in [5.74, 6) is 1.46. The van der Waals surface area contributed by atoms with Crippen molar-refractivity contribution in [2.45, 2.75) is 11.5 Å². The van der Waals surface area contributed by atoms with E-state index < -0.39 is 5.54 Å². The number of allylic oxidation sites excluding steroid dienone is 1. The molecule has 2 unspecified atom stereocenters. The molecule has 188 valence electrons. The van der Waals surface area contributed by atoms with Crippen molar-refractivity contribution < 1.29 is 9.47 Å². The summed E-state index contributed by atoms with van der Waals surface area (Å²) >= 11 is 0. The molecule has 6 rings (SSSR count). The van der Waals surface area contributed by atoms with Crippen LogP contribution in [0.1, 0.15) is 22.6 Å². The summed E-state index contributed by atoms with van der Waals surface area (Å²) in [6.07, 6.45) is 4.01. The maximum Gasteiger partial charge on any atom is 0.119 e. The Hall–Kier alpha value is -4.54. The highest BCUT2D eigenvalue weighted by atomic mass is 16.5. The maximum absolute atomic E-state index is 7.37. The van der Waals surface area contributed by atoms with Gasteiger partial charge in [0.2, 0.25) is 0 Å². The minimum atomic E-state index is -0.797. The summed E-state index contributed by atoms with van der Waals surface area (Å²) in [6.45, 7) is 0. The van der Waals surface area contributed by atoms with Gasteiger partial charge in [0.1, 0.15) is 11.5 Å². The van der Waals surface area contributed by atoms with Crippen LogP contribution in [0.15, 0.2) is 121 Å². The molecule has 4 nitrogen and oxygen atoms in total. The fraction of sp³-hybridized carbons (Fsp3) is 0.118. The molecular weight excluding hydrogens is 468 g/mol. The van der Waals surface area contributed by atoms with Crippen molar-refractivity contribution in [3.63, 3.8) is 0 Å². The Kier molecular flexibility index (Phi) is 5.90. The molecular formula is C34H30N2O2. The Balaban J connectivity index is 1.57. The molecule has 0 spiro atoms. The first-order chi connectivity index (χ1) is 18.5. The van der Waals surface area contributed by atoms with Gasteiger partial charge >= 0.3 is 0 Å². The molecule has 0 bridgehead atoms. The largest absolute Gasteiger partial charge is 0.497 e. The lowest BCUT2D eigenvalue weighted by Crippen LogP contribution is -2.43. The van der Waals surface area contributed by atoms with Gasteiger partial charge < -0.3 is 20.9 Å². The zero-order chi connectivity index (χ0) is 26.3. The van der Waals surface area contributed by atoms with Gasteiger partial charge in [0.25, 0.3) is 0 Å². The van der Waals surface area contributed by atoms with Crippen LogP contribution in [0.2, 0.25) is 0 Å². The lowest BCUT2D eigenvalue weighted by atomic mass is 9.66. The third-order valence-electron chi connectivity index (χ3n) is 7.65. The van der Waals surface area contributed by atoms with E-state index in [1.54, 1.807) is 14.2 Å². The Bertz CT molecular complexity index is 1720. The topological polar surface area (TPSA) is 70.5 Å². The number of methoxy groups -OCH3 is 2. The molecule has 5 aromatic rings. The fourth-order valence-corrected chi connectivity index (χ4v) is 5.65. The number of fused-ring (bicyclic) bond motifs is 2. The van der Waals surface area contributed by atoms with Crippen LogP contribution in [0.5, 0.6) is 11.5 Å². The van der Waals surface area contributed by atoms with Crippen LogP contribution in [-0.2, 0) is 5.54 Å². The Labute approximate surface area is 222 Å². The molecule has 0 fully saturated rings. The summed E-state index contributed by atoms with van der Waals surface area (Å²) < 4.78 is 10.9. The quantitative estimate of drug-likeness (QED) is 0.277. The predicted octanol–water partition coefficient (Wildman–Crippen LogP) is 6.89. The van der Waals surface area contributed by atoms with Gasteiger partial charge in [0.05, 0.1) is 19.8 Å². The Morgan fingerprint density at radius 1 is 0.658 bits per heavy atom. The number of nitrogens with two attached hydrogens (primary N) is 2. The number of benzene rings is 5. The normalized spacial score (nSPS) is 19.2. The average Bonchev–Trinajstić information content (AvgIpc) is 2.97. The first kappa shape index (κ1) is 23.8. The van der Waals surface area contributed by atoms with E-state index in [2.05, 4.69) is 72.8 Å². The molecule has 1 aliphatic rings. The molecule has 2 atom stereocenters. The zero-order valence-corrected chi connectivity index (χ0v) is 21.5. The zero-order valence-electron chi connectivity index (χ0n) is 21.5. The van der Waals surface area contributed by atoms with Crippen LogP contribution in [0.4, 0.5) is 0 Å². The van der Waals surface area contributed by atoms with E-state index in [1.807, 2.05) is 42.5 Å². The van der Waals surface area contributed by atoms with Crippen LogP contribution < -0.4 is 20.9 Å². The van der Waals surface area contributed by atoms with Gasteiger partial charge in [-0.15, -0.1) is 0 Å². The van der Waals surface area contributed by atoms with Crippen LogP contribution in [0, 0.1) is 0 Å². The van der Waals surface area contributed by atoms with Crippen LogP contribution >= 0.6 is 0 Å². The number of hydrogen-bond donors (Lipinski definition) is 2. The molecule has 0 amide bonds. The van der Waals surface area contributed by atoms with Gasteiger partial charge in [0.15, 0.2) is 0 Å². The summed E-state index contributed by atoms with van der Waals surface area (Å²) in [5.41, 5.74) is 18.3. The van der Waals surface area contributed by atoms with E-state index in [9.17, 15) is 0 Å². The standard InChI is InChI=1S/C34H30N2O2/c1-37-29-14-12-22-18-26(10-8-24(22)20-29)32-31(35)16-17-34(36,28-6-4-3-5-7-28)33(32)27-11-9-25-21-30(38-2)15-13-23(25)19-27/h3-21,33H,35-36H2,1-2H3. The first-order valence-electron chi connectivity index (χ1n) is 12.7. The van der Waals surface area contributed by atoms with E-state index in [0.29, 0.717) is 0 Å². The predicted molar refractivity (Wildman–Crippen MR) is 156 cm³/mol. The molecule has 1 aliphatic carbocycles. The lowest BCUT2D eigenvalue weighted by Gasteiger charge is -2.41. The van der Waals surface area contributed by atoms with Crippen LogP contribution in [0.25, 0.3) is 27.1 Å². The molecule has 4 heteroatoms. The number of ether oxygens (including phenoxy) is 2. The van der Waals surface area contributed by atoms with Crippen molar-refractivity contribution >= 4 is 27.1 Å². The molecule has 0 saturated carbocycles. The Morgan fingerprint density at radius 3 is 1.89 bits per heavy atom. The molecule has 38 heavy (non-hydrogen) atoms. The molecule has 0 aliphatic heterocycles. The van der Waals surface area contributed by atoms with Crippen molar-refractivity contribution in [1.29, 1.82) is 0 Å². The van der Waals surface area contributed by atoms with Crippen molar-refractivity contribution in [3.8, 4) is 11.5 Å². The summed E-state index contributed by atoms with van der Waals surface area (Å²) in [6, 6.07) is 35.5. The number of hydrogen-bond acceptors (Lipinski definition) is 4. The second kappa shape index (κ2) is 9.40. The highest BCUT2D eigenvalue weighted by Gasteiger charge is 2.41. The second-order valence-electron chi connectivity index (χ2n) is 9.83. The van der Waals surface area contributed by atoms with Gasteiger partial charge in [-0.3, -0.25) is 0 Å². The van der Waals surface area contributed by atoms with Gasteiger partial charge in [0, 0.05) is 11.6 Å². The van der Waals surface area contributed by atoms with Crippen molar-refractivity contribution in [3.05, 3.63) is 138 Å².